The van der Waals surface area contributed by atoms with E-state index in [9.17, 15) is 4.79 Å². The summed E-state index contributed by atoms with van der Waals surface area (Å²) in [5.41, 5.74) is 0.919. The molecule has 13 heavy (non-hydrogen) atoms. The molecule has 1 rings (SSSR count). The summed E-state index contributed by atoms with van der Waals surface area (Å²) >= 11 is 0. The SMILES string of the molecule is CC(=O)/C=C(\C)NCC1CCCO1. The molecular formula is C10H17NO2. The molecule has 0 bridgehead atoms. The van der Waals surface area contributed by atoms with Gasteiger partial charge >= 0.3 is 0 Å². The van der Waals surface area contributed by atoms with Gasteiger partial charge in [-0.15, -0.1) is 0 Å². The number of allylic oxidation sites excluding steroid dienone is 2. The lowest BCUT2D eigenvalue weighted by molar-refractivity contribution is -0.112. The van der Waals surface area contributed by atoms with E-state index in [0.29, 0.717) is 6.10 Å². The van der Waals surface area contributed by atoms with Crippen LogP contribution in [0.3, 0.4) is 0 Å². The average Bonchev–Trinajstić information content (AvgIpc) is 2.51. The first kappa shape index (κ1) is 10.3. The van der Waals surface area contributed by atoms with Crippen molar-refractivity contribution >= 4 is 5.78 Å². The van der Waals surface area contributed by atoms with E-state index >= 15 is 0 Å². The van der Waals surface area contributed by atoms with Gasteiger partial charge in [-0.25, -0.2) is 0 Å². The second-order valence-electron chi connectivity index (χ2n) is 3.45. The highest BCUT2D eigenvalue weighted by atomic mass is 16.5. The fourth-order valence-corrected chi connectivity index (χ4v) is 1.44. The summed E-state index contributed by atoms with van der Waals surface area (Å²) in [6, 6.07) is 0. The molecule has 3 nitrogen and oxygen atoms in total. The van der Waals surface area contributed by atoms with Crippen molar-refractivity contribution in [3.8, 4) is 0 Å². The Morgan fingerprint density at radius 3 is 2.92 bits per heavy atom. The van der Waals surface area contributed by atoms with Crippen LogP contribution in [-0.4, -0.2) is 25.0 Å². The zero-order chi connectivity index (χ0) is 9.68. The number of hydrogen-bond donors (Lipinski definition) is 1. The number of carbonyl (C=O) groups is 1. The molecule has 0 saturated carbocycles. The topological polar surface area (TPSA) is 38.3 Å². The van der Waals surface area contributed by atoms with Gasteiger partial charge in [-0.1, -0.05) is 0 Å². The van der Waals surface area contributed by atoms with Crippen LogP contribution in [0.1, 0.15) is 26.7 Å². The molecule has 0 aromatic carbocycles. The van der Waals surface area contributed by atoms with Gasteiger partial charge in [-0.2, -0.15) is 0 Å². The zero-order valence-corrected chi connectivity index (χ0v) is 8.30. The van der Waals surface area contributed by atoms with E-state index in [1.165, 1.54) is 0 Å². The molecule has 74 valence electrons. The van der Waals surface area contributed by atoms with E-state index in [1.807, 2.05) is 6.92 Å². The zero-order valence-electron chi connectivity index (χ0n) is 8.30. The molecule has 0 radical (unpaired) electrons. The normalized spacial score (nSPS) is 23.2. The second kappa shape index (κ2) is 5.02. The number of ketones is 1. The predicted molar refractivity (Wildman–Crippen MR) is 51.4 cm³/mol. The number of hydrogen-bond acceptors (Lipinski definition) is 3. The van der Waals surface area contributed by atoms with Crippen molar-refractivity contribution in [1.82, 2.24) is 5.32 Å². The van der Waals surface area contributed by atoms with Gasteiger partial charge in [0.2, 0.25) is 0 Å². The van der Waals surface area contributed by atoms with Gasteiger partial charge in [0.25, 0.3) is 0 Å². The number of ether oxygens (including phenoxy) is 1. The van der Waals surface area contributed by atoms with Crippen molar-refractivity contribution < 1.29 is 9.53 Å². The van der Waals surface area contributed by atoms with Crippen LogP contribution >= 0.6 is 0 Å². The maximum atomic E-state index is 10.7. The monoisotopic (exact) mass is 183 g/mol. The molecule has 0 aromatic heterocycles. The van der Waals surface area contributed by atoms with Gasteiger partial charge in [0, 0.05) is 18.8 Å². The molecule has 0 spiro atoms. The summed E-state index contributed by atoms with van der Waals surface area (Å²) < 4.78 is 5.43. The van der Waals surface area contributed by atoms with Crippen molar-refractivity contribution in [1.29, 1.82) is 0 Å². The molecule has 1 atom stereocenters. The van der Waals surface area contributed by atoms with E-state index < -0.39 is 0 Å². The molecule has 1 unspecified atom stereocenters. The maximum Gasteiger partial charge on any atom is 0.154 e. The lowest BCUT2D eigenvalue weighted by atomic mass is 10.2. The van der Waals surface area contributed by atoms with Crippen LogP contribution in [0.4, 0.5) is 0 Å². The molecule has 3 heteroatoms. The maximum absolute atomic E-state index is 10.7. The van der Waals surface area contributed by atoms with E-state index in [1.54, 1.807) is 13.0 Å². The first-order chi connectivity index (χ1) is 6.18. The largest absolute Gasteiger partial charge is 0.386 e. The molecule has 1 aliphatic rings. The number of rotatable bonds is 4. The van der Waals surface area contributed by atoms with Crippen LogP contribution in [-0.2, 0) is 9.53 Å². The van der Waals surface area contributed by atoms with Crippen molar-refractivity contribution in [3.63, 3.8) is 0 Å². The van der Waals surface area contributed by atoms with E-state index in [-0.39, 0.29) is 5.78 Å². The van der Waals surface area contributed by atoms with Crippen LogP contribution in [0, 0.1) is 0 Å². The molecule has 0 aliphatic carbocycles. The van der Waals surface area contributed by atoms with Crippen LogP contribution < -0.4 is 5.32 Å². The number of nitrogens with one attached hydrogen (secondary N) is 1. The highest BCUT2D eigenvalue weighted by Gasteiger charge is 2.14. The second-order valence-corrected chi connectivity index (χ2v) is 3.45. The van der Waals surface area contributed by atoms with Gasteiger partial charge in [-0.3, -0.25) is 4.79 Å². The van der Waals surface area contributed by atoms with Crippen molar-refractivity contribution in [3.05, 3.63) is 11.8 Å². The third-order valence-electron chi connectivity index (χ3n) is 2.05. The Morgan fingerprint density at radius 1 is 1.62 bits per heavy atom. The molecular weight excluding hydrogens is 166 g/mol. The fraction of sp³-hybridized carbons (Fsp3) is 0.700. The summed E-state index contributed by atoms with van der Waals surface area (Å²) in [7, 11) is 0. The van der Waals surface area contributed by atoms with Gasteiger partial charge < -0.3 is 10.1 Å². The third-order valence-corrected chi connectivity index (χ3v) is 2.05. The van der Waals surface area contributed by atoms with Gasteiger partial charge in [0.15, 0.2) is 5.78 Å². The molecule has 1 heterocycles. The molecule has 0 aromatic rings. The minimum atomic E-state index is 0.0809. The quantitative estimate of drug-likeness (QED) is 0.666. The Morgan fingerprint density at radius 2 is 2.38 bits per heavy atom. The van der Waals surface area contributed by atoms with Crippen molar-refractivity contribution in [2.75, 3.05) is 13.2 Å². The number of carbonyl (C=O) groups excluding carboxylic acids is 1. The van der Waals surface area contributed by atoms with Crippen molar-refractivity contribution in [2.45, 2.75) is 32.8 Å². The lowest BCUT2D eigenvalue weighted by Crippen LogP contribution is -2.25. The minimum Gasteiger partial charge on any atom is -0.386 e. The lowest BCUT2D eigenvalue weighted by Gasteiger charge is -2.11. The Hall–Kier alpha value is -0.830. The van der Waals surface area contributed by atoms with E-state index in [4.69, 9.17) is 4.74 Å². The highest BCUT2D eigenvalue weighted by molar-refractivity contribution is 5.87. The molecule has 1 fully saturated rings. The van der Waals surface area contributed by atoms with Crippen LogP contribution in [0.2, 0.25) is 0 Å². The average molecular weight is 183 g/mol. The van der Waals surface area contributed by atoms with Crippen LogP contribution in [0.25, 0.3) is 0 Å². The Balaban J connectivity index is 2.21. The van der Waals surface area contributed by atoms with Gasteiger partial charge in [0.1, 0.15) is 0 Å². The van der Waals surface area contributed by atoms with Crippen LogP contribution in [0.5, 0.6) is 0 Å². The van der Waals surface area contributed by atoms with E-state index in [2.05, 4.69) is 5.32 Å². The van der Waals surface area contributed by atoms with Gasteiger partial charge in [-0.05, 0) is 32.8 Å². The first-order valence-electron chi connectivity index (χ1n) is 4.73. The standard InChI is InChI=1S/C10H17NO2/c1-8(6-9(2)12)11-7-10-4-3-5-13-10/h6,10-11H,3-5,7H2,1-2H3/b8-6+. The highest BCUT2D eigenvalue weighted by Crippen LogP contribution is 2.10. The van der Waals surface area contributed by atoms with Gasteiger partial charge in [0.05, 0.1) is 6.10 Å². The summed E-state index contributed by atoms with van der Waals surface area (Å²) in [6.07, 6.45) is 4.22. The summed E-state index contributed by atoms with van der Waals surface area (Å²) in [6.45, 7) is 5.14. The Labute approximate surface area is 79.2 Å². The van der Waals surface area contributed by atoms with Crippen molar-refractivity contribution in [2.24, 2.45) is 0 Å². The predicted octanol–water partition coefficient (Wildman–Crippen LogP) is 1.25. The fourth-order valence-electron chi connectivity index (χ4n) is 1.44. The summed E-state index contributed by atoms with van der Waals surface area (Å²) in [5, 5.41) is 3.17. The molecule has 0 amide bonds. The molecule has 1 saturated heterocycles. The van der Waals surface area contributed by atoms with E-state index in [0.717, 1.165) is 31.7 Å². The van der Waals surface area contributed by atoms with Crippen LogP contribution in [0.15, 0.2) is 11.8 Å². The first-order valence-corrected chi connectivity index (χ1v) is 4.73. The molecule has 1 N–H and O–H groups in total. The Bertz CT molecular complexity index is 205. The minimum absolute atomic E-state index is 0.0809. The Kier molecular flexibility index (Phi) is 3.96. The summed E-state index contributed by atoms with van der Waals surface area (Å²) in [5.74, 6) is 0.0809. The smallest absolute Gasteiger partial charge is 0.154 e. The molecule has 1 aliphatic heterocycles. The summed E-state index contributed by atoms with van der Waals surface area (Å²) in [4.78, 5) is 10.7. The third kappa shape index (κ3) is 4.08.